The number of hydrogen-bond acceptors (Lipinski definition) is 4. The number of hydrogen-bond donors (Lipinski definition) is 2. The van der Waals surface area contributed by atoms with E-state index in [-0.39, 0.29) is 6.61 Å². The third kappa shape index (κ3) is 3.51. The lowest BCUT2D eigenvalue weighted by atomic mass is 9.92. The summed E-state index contributed by atoms with van der Waals surface area (Å²) in [4.78, 5) is 0. The van der Waals surface area contributed by atoms with Gasteiger partial charge in [0.25, 0.3) is 0 Å². The van der Waals surface area contributed by atoms with Gasteiger partial charge in [0.15, 0.2) is 0 Å². The normalized spacial score (nSPS) is 23.1. The molecule has 1 aliphatic carbocycles. The highest BCUT2D eigenvalue weighted by Gasteiger charge is 2.30. The van der Waals surface area contributed by atoms with Gasteiger partial charge in [-0.3, -0.25) is 0 Å². The zero-order valence-corrected chi connectivity index (χ0v) is 10.7. The second-order valence-electron chi connectivity index (χ2n) is 5.68. The summed E-state index contributed by atoms with van der Waals surface area (Å²) in [7, 11) is 0. The van der Waals surface area contributed by atoms with Crippen LogP contribution in [0, 0.1) is 5.41 Å². The minimum absolute atomic E-state index is 0.104. The van der Waals surface area contributed by atoms with Crippen molar-refractivity contribution in [2.24, 2.45) is 5.41 Å². The van der Waals surface area contributed by atoms with E-state index in [0.717, 1.165) is 12.2 Å². The standard InChI is InChI=1S/C12H22N4O/c1-12(2)4-3-10(7-12)13-8-11-9-16(5-6-17)15-14-11/h9-10,13,17H,3-8H2,1-2H3. The molecule has 1 aromatic rings. The number of aromatic nitrogens is 3. The Morgan fingerprint density at radius 2 is 2.41 bits per heavy atom. The largest absolute Gasteiger partial charge is 0.394 e. The molecule has 1 unspecified atom stereocenters. The third-order valence-electron chi connectivity index (χ3n) is 3.46. The molecule has 17 heavy (non-hydrogen) atoms. The lowest BCUT2D eigenvalue weighted by Crippen LogP contribution is -2.27. The second kappa shape index (κ2) is 5.14. The maximum atomic E-state index is 8.78. The van der Waals surface area contributed by atoms with Crippen molar-refractivity contribution in [1.29, 1.82) is 0 Å². The van der Waals surface area contributed by atoms with Crippen LogP contribution in [0.2, 0.25) is 0 Å². The van der Waals surface area contributed by atoms with Gasteiger partial charge >= 0.3 is 0 Å². The SMILES string of the molecule is CC1(C)CCC(NCc2cn(CCO)nn2)C1. The van der Waals surface area contributed by atoms with Crippen molar-refractivity contribution in [3.05, 3.63) is 11.9 Å². The minimum atomic E-state index is 0.104. The summed E-state index contributed by atoms with van der Waals surface area (Å²) in [6, 6.07) is 0.605. The Bertz CT molecular complexity index is 361. The van der Waals surface area contributed by atoms with Gasteiger partial charge in [-0.05, 0) is 24.7 Å². The molecule has 0 bridgehead atoms. The van der Waals surface area contributed by atoms with Crippen molar-refractivity contribution >= 4 is 0 Å². The van der Waals surface area contributed by atoms with Crippen LogP contribution in [0.3, 0.4) is 0 Å². The molecule has 0 aliphatic heterocycles. The average molecular weight is 238 g/mol. The van der Waals surface area contributed by atoms with E-state index in [2.05, 4.69) is 29.5 Å². The van der Waals surface area contributed by atoms with Gasteiger partial charge in [0, 0.05) is 18.8 Å². The zero-order chi connectivity index (χ0) is 12.3. The van der Waals surface area contributed by atoms with E-state index < -0.39 is 0 Å². The highest BCUT2D eigenvalue weighted by molar-refractivity contribution is 4.94. The van der Waals surface area contributed by atoms with Gasteiger partial charge in [0.2, 0.25) is 0 Å². The van der Waals surface area contributed by atoms with Crippen molar-refractivity contribution in [2.75, 3.05) is 6.61 Å². The predicted molar refractivity (Wildman–Crippen MR) is 65.4 cm³/mol. The fraction of sp³-hybridized carbons (Fsp3) is 0.833. The van der Waals surface area contributed by atoms with Crippen molar-refractivity contribution in [3.63, 3.8) is 0 Å². The number of aliphatic hydroxyl groups excluding tert-OH is 1. The van der Waals surface area contributed by atoms with Gasteiger partial charge in [-0.15, -0.1) is 5.10 Å². The van der Waals surface area contributed by atoms with Gasteiger partial charge in [0.1, 0.15) is 0 Å². The second-order valence-corrected chi connectivity index (χ2v) is 5.68. The molecule has 5 heteroatoms. The van der Waals surface area contributed by atoms with Crippen LogP contribution in [-0.2, 0) is 13.1 Å². The summed E-state index contributed by atoms with van der Waals surface area (Å²) in [5.74, 6) is 0. The zero-order valence-electron chi connectivity index (χ0n) is 10.7. The Morgan fingerprint density at radius 1 is 1.59 bits per heavy atom. The lowest BCUT2D eigenvalue weighted by Gasteiger charge is -2.17. The molecule has 96 valence electrons. The summed E-state index contributed by atoms with van der Waals surface area (Å²) in [6.45, 7) is 6.04. The van der Waals surface area contributed by atoms with Crippen LogP contribution < -0.4 is 5.32 Å². The Morgan fingerprint density at radius 3 is 3.06 bits per heavy atom. The van der Waals surface area contributed by atoms with Gasteiger partial charge in [-0.25, -0.2) is 4.68 Å². The smallest absolute Gasteiger partial charge is 0.0964 e. The maximum absolute atomic E-state index is 8.78. The first-order valence-corrected chi connectivity index (χ1v) is 6.32. The summed E-state index contributed by atoms with van der Waals surface area (Å²) >= 11 is 0. The molecule has 1 aromatic heterocycles. The Hall–Kier alpha value is -0.940. The Balaban J connectivity index is 1.78. The van der Waals surface area contributed by atoms with Crippen LogP contribution in [0.25, 0.3) is 0 Å². The monoisotopic (exact) mass is 238 g/mol. The first-order chi connectivity index (χ1) is 8.09. The van der Waals surface area contributed by atoms with Crippen molar-refractivity contribution in [2.45, 2.75) is 52.2 Å². The fourth-order valence-electron chi connectivity index (χ4n) is 2.49. The van der Waals surface area contributed by atoms with Gasteiger partial charge in [0.05, 0.1) is 18.8 Å². The van der Waals surface area contributed by atoms with E-state index in [1.54, 1.807) is 4.68 Å². The van der Waals surface area contributed by atoms with E-state index in [9.17, 15) is 0 Å². The minimum Gasteiger partial charge on any atom is -0.394 e. The molecule has 5 nitrogen and oxygen atoms in total. The predicted octanol–water partition coefficient (Wildman–Crippen LogP) is 0.939. The van der Waals surface area contributed by atoms with Crippen molar-refractivity contribution < 1.29 is 5.11 Å². The number of nitrogens with zero attached hydrogens (tertiary/aromatic N) is 3. The van der Waals surface area contributed by atoms with Crippen LogP contribution in [0.1, 0.15) is 38.8 Å². The molecule has 0 saturated heterocycles. The molecule has 0 aromatic carbocycles. The van der Waals surface area contributed by atoms with Crippen LogP contribution in [0.5, 0.6) is 0 Å². The molecular weight excluding hydrogens is 216 g/mol. The van der Waals surface area contributed by atoms with E-state index in [1.807, 2.05) is 6.20 Å². The first kappa shape index (κ1) is 12.5. The fourth-order valence-corrected chi connectivity index (χ4v) is 2.49. The summed E-state index contributed by atoms with van der Waals surface area (Å²) in [6.07, 6.45) is 5.67. The van der Waals surface area contributed by atoms with Crippen molar-refractivity contribution in [3.8, 4) is 0 Å². The van der Waals surface area contributed by atoms with E-state index >= 15 is 0 Å². The quantitative estimate of drug-likeness (QED) is 0.801. The highest BCUT2D eigenvalue weighted by Crippen LogP contribution is 2.36. The molecule has 1 saturated carbocycles. The highest BCUT2D eigenvalue weighted by atomic mass is 16.3. The maximum Gasteiger partial charge on any atom is 0.0964 e. The van der Waals surface area contributed by atoms with Gasteiger partial charge in [-0.2, -0.15) is 0 Å². The van der Waals surface area contributed by atoms with Crippen molar-refractivity contribution in [1.82, 2.24) is 20.3 Å². The molecule has 0 radical (unpaired) electrons. The molecule has 1 heterocycles. The van der Waals surface area contributed by atoms with Crippen LogP contribution in [0.4, 0.5) is 0 Å². The molecule has 1 aliphatic rings. The molecule has 2 rings (SSSR count). The summed E-state index contributed by atoms with van der Waals surface area (Å²) in [5.41, 5.74) is 1.43. The molecule has 1 atom stereocenters. The number of rotatable bonds is 5. The van der Waals surface area contributed by atoms with E-state index in [4.69, 9.17) is 5.11 Å². The summed E-state index contributed by atoms with van der Waals surface area (Å²) in [5, 5.41) is 20.3. The summed E-state index contributed by atoms with van der Waals surface area (Å²) < 4.78 is 1.68. The lowest BCUT2D eigenvalue weighted by molar-refractivity contribution is 0.268. The van der Waals surface area contributed by atoms with E-state index in [1.165, 1.54) is 19.3 Å². The number of nitrogens with one attached hydrogen (secondary N) is 1. The van der Waals surface area contributed by atoms with Gasteiger partial charge in [-0.1, -0.05) is 19.1 Å². The number of aliphatic hydroxyl groups is 1. The molecule has 2 N–H and O–H groups in total. The van der Waals surface area contributed by atoms with Crippen LogP contribution in [-0.4, -0.2) is 32.7 Å². The Kier molecular flexibility index (Phi) is 3.79. The van der Waals surface area contributed by atoms with Crippen LogP contribution >= 0.6 is 0 Å². The molecule has 1 fully saturated rings. The molecule has 0 spiro atoms. The van der Waals surface area contributed by atoms with Crippen LogP contribution in [0.15, 0.2) is 6.20 Å². The molecular formula is C12H22N4O. The third-order valence-corrected chi connectivity index (χ3v) is 3.46. The average Bonchev–Trinajstić information content (AvgIpc) is 2.83. The first-order valence-electron chi connectivity index (χ1n) is 6.32. The van der Waals surface area contributed by atoms with Gasteiger partial charge < -0.3 is 10.4 Å². The van der Waals surface area contributed by atoms with E-state index in [0.29, 0.717) is 18.0 Å². The molecule has 0 amide bonds. The topological polar surface area (TPSA) is 63.0 Å². The Labute approximate surface area is 102 Å².